The second-order valence-corrected chi connectivity index (χ2v) is 6.35. The van der Waals surface area contributed by atoms with E-state index >= 15 is 0 Å². The molecule has 1 aliphatic heterocycles. The van der Waals surface area contributed by atoms with Gasteiger partial charge in [0.15, 0.2) is 0 Å². The van der Waals surface area contributed by atoms with Crippen molar-refractivity contribution >= 4 is 0 Å². The number of benzene rings is 1. The fourth-order valence-corrected chi connectivity index (χ4v) is 3.36. The van der Waals surface area contributed by atoms with Crippen LogP contribution in [0.4, 0.5) is 13.2 Å². The maximum atomic E-state index is 13.5. The molecule has 4 heteroatoms. The Labute approximate surface area is 131 Å². The van der Waals surface area contributed by atoms with Gasteiger partial charge in [0.05, 0.1) is 5.92 Å². The summed E-state index contributed by atoms with van der Waals surface area (Å²) in [6.07, 6.45) is 2.17. The van der Waals surface area contributed by atoms with Crippen molar-refractivity contribution < 1.29 is 13.2 Å². The Morgan fingerprint density at radius 2 is 1.64 bits per heavy atom. The maximum absolute atomic E-state index is 13.5. The third-order valence-corrected chi connectivity index (χ3v) is 4.60. The van der Waals surface area contributed by atoms with E-state index in [1.165, 1.54) is 0 Å². The summed E-state index contributed by atoms with van der Waals surface area (Å²) in [7, 11) is 0. The maximum Gasteiger partial charge on any atom is 0.395 e. The van der Waals surface area contributed by atoms with E-state index in [9.17, 15) is 13.2 Å². The fourth-order valence-electron chi connectivity index (χ4n) is 3.36. The summed E-state index contributed by atoms with van der Waals surface area (Å²) in [5.74, 6) is -1.15. The first-order chi connectivity index (χ1) is 10.6. The van der Waals surface area contributed by atoms with Crippen molar-refractivity contribution in [3.05, 3.63) is 35.9 Å². The first kappa shape index (κ1) is 17.3. The fraction of sp³-hybridized carbons (Fsp3) is 0.667. The highest BCUT2D eigenvalue weighted by Gasteiger charge is 2.41. The molecule has 1 aromatic rings. The van der Waals surface area contributed by atoms with E-state index in [0.717, 1.165) is 51.6 Å². The van der Waals surface area contributed by atoms with Gasteiger partial charge in [-0.15, -0.1) is 0 Å². The first-order valence-electron chi connectivity index (χ1n) is 8.40. The third kappa shape index (κ3) is 5.64. The molecule has 22 heavy (non-hydrogen) atoms. The molecule has 0 radical (unpaired) electrons. The monoisotopic (exact) mass is 313 g/mol. The number of halogens is 3. The molecule has 1 fully saturated rings. The van der Waals surface area contributed by atoms with E-state index in [1.807, 2.05) is 0 Å². The molecule has 2 unspecified atom stereocenters. The smallest absolute Gasteiger partial charge is 0.317 e. The molecule has 0 saturated carbocycles. The van der Waals surface area contributed by atoms with Crippen LogP contribution in [-0.4, -0.2) is 19.3 Å². The second-order valence-electron chi connectivity index (χ2n) is 6.35. The Morgan fingerprint density at radius 1 is 0.955 bits per heavy atom. The van der Waals surface area contributed by atoms with Gasteiger partial charge in [-0.2, -0.15) is 13.2 Å². The SMILES string of the molecule is FC(F)(F)C(CC1CCCCCNCCC1)c1ccccc1. The van der Waals surface area contributed by atoms with Gasteiger partial charge in [-0.25, -0.2) is 0 Å². The van der Waals surface area contributed by atoms with Crippen LogP contribution in [0.5, 0.6) is 0 Å². The van der Waals surface area contributed by atoms with Gasteiger partial charge in [-0.05, 0) is 50.3 Å². The molecule has 0 bridgehead atoms. The topological polar surface area (TPSA) is 12.0 Å². The van der Waals surface area contributed by atoms with Crippen molar-refractivity contribution in [2.45, 2.75) is 57.0 Å². The number of hydrogen-bond donors (Lipinski definition) is 1. The van der Waals surface area contributed by atoms with E-state index in [-0.39, 0.29) is 12.3 Å². The molecule has 1 aliphatic rings. The largest absolute Gasteiger partial charge is 0.395 e. The van der Waals surface area contributed by atoms with Gasteiger partial charge in [0.1, 0.15) is 0 Å². The zero-order valence-corrected chi connectivity index (χ0v) is 13.0. The Balaban J connectivity index is 2.04. The lowest BCUT2D eigenvalue weighted by molar-refractivity contribution is -0.154. The summed E-state index contributed by atoms with van der Waals surface area (Å²) in [5.41, 5.74) is 0.408. The molecular weight excluding hydrogens is 287 g/mol. The van der Waals surface area contributed by atoms with Gasteiger partial charge < -0.3 is 5.32 Å². The summed E-state index contributed by atoms with van der Waals surface area (Å²) in [4.78, 5) is 0. The molecule has 124 valence electrons. The Morgan fingerprint density at radius 3 is 2.36 bits per heavy atom. The number of hydrogen-bond acceptors (Lipinski definition) is 1. The Kier molecular flexibility index (Phi) is 6.74. The Bertz CT molecular complexity index is 406. The van der Waals surface area contributed by atoms with Crippen molar-refractivity contribution in [1.29, 1.82) is 0 Å². The van der Waals surface area contributed by atoms with Crippen molar-refractivity contribution in [3.63, 3.8) is 0 Å². The van der Waals surface area contributed by atoms with Gasteiger partial charge >= 0.3 is 6.18 Å². The predicted molar refractivity (Wildman–Crippen MR) is 83.9 cm³/mol. The van der Waals surface area contributed by atoms with Crippen LogP contribution >= 0.6 is 0 Å². The molecule has 2 rings (SSSR count). The van der Waals surface area contributed by atoms with Crippen LogP contribution in [0.25, 0.3) is 0 Å². The minimum Gasteiger partial charge on any atom is -0.317 e. The van der Waals surface area contributed by atoms with Crippen LogP contribution in [0.2, 0.25) is 0 Å². The van der Waals surface area contributed by atoms with E-state index in [0.29, 0.717) is 5.56 Å². The molecular formula is C18H26F3N. The van der Waals surface area contributed by atoms with E-state index in [2.05, 4.69) is 5.32 Å². The number of alkyl halides is 3. The van der Waals surface area contributed by atoms with Crippen LogP contribution in [-0.2, 0) is 0 Å². The molecule has 1 saturated heterocycles. The van der Waals surface area contributed by atoms with Gasteiger partial charge in [0.2, 0.25) is 0 Å². The quantitative estimate of drug-likeness (QED) is 0.800. The highest BCUT2D eigenvalue weighted by Crippen LogP contribution is 2.41. The molecule has 0 amide bonds. The van der Waals surface area contributed by atoms with E-state index < -0.39 is 12.1 Å². The van der Waals surface area contributed by atoms with Gasteiger partial charge in [0.25, 0.3) is 0 Å². The molecule has 0 aliphatic carbocycles. The highest BCUT2D eigenvalue weighted by atomic mass is 19.4. The zero-order chi connectivity index (χ0) is 15.8. The van der Waals surface area contributed by atoms with Crippen LogP contribution in [0.1, 0.15) is 56.4 Å². The average molecular weight is 313 g/mol. The summed E-state index contributed by atoms with van der Waals surface area (Å²) >= 11 is 0. The van der Waals surface area contributed by atoms with E-state index in [4.69, 9.17) is 0 Å². The molecule has 0 spiro atoms. The van der Waals surface area contributed by atoms with Gasteiger partial charge in [-0.3, -0.25) is 0 Å². The minimum atomic E-state index is -4.16. The zero-order valence-electron chi connectivity index (χ0n) is 13.0. The summed E-state index contributed by atoms with van der Waals surface area (Å²) in [6, 6.07) is 8.39. The van der Waals surface area contributed by atoms with Crippen molar-refractivity contribution in [2.75, 3.05) is 13.1 Å². The first-order valence-corrected chi connectivity index (χ1v) is 8.40. The summed E-state index contributed by atoms with van der Waals surface area (Å²) < 4.78 is 40.4. The second kappa shape index (κ2) is 8.56. The summed E-state index contributed by atoms with van der Waals surface area (Å²) in [5, 5.41) is 3.37. The van der Waals surface area contributed by atoms with Crippen LogP contribution < -0.4 is 5.32 Å². The molecule has 2 atom stereocenters. The lowest BCUT2D eigenvalue weighted by atomic mass is 9.83. The number of rotatable bonds is 3. The van der Waals surface area contributed by atoms with Crippen LogP contribution in [0.3, 0.4) is 0 Å². The van der Waals surface area contributed by atoms with Crippen LogP contribution in [0, 0.1) is 5.92 Å². The van der Waals surface area contributed by atoms with Crippen molar-refractivity contribution in [3.8, 4) is 0 Å². The van der Waals surface area contributed by atoms with Crippen molar-refractivity contribution in [1.82, 2.24) is 5.32 Å². The Hall–Kier alpha value is -1.03. The van der Waals surface area contributed by atoms with Crippen LogP contribution in [0.15, 0.2) is 30.3 Å². The lowest BCUT2D eigenvalue weighted by Crippen LogP contribution is -2.25. The molecule has 0 aromatic heterocycles. The molecule has 1 N–H and O–H groups in total. The summed E-state index contributed by atoms with van der Waals surface area (Å²) in [6.45, 7) is 1.97. The molecule has 1 nitrogen and oxygen atoms in total. The minimum absolute atomic E-state index is 0.173. The third-order valence-electron chi connectivity index (χ3n) is 4.60. The highest BCUT2D eigenvalue weighted by molar-refractivity contribution is 5.21. The predicted octanol–water partition coefficient (Wildman–Crippen LogP) is 5.28. The molecule has 1 aromatic carbocycles. The van der Waals surface area contributed by atoms with Gasteiger partial charge in [0, 0.05) is 0 Å². The average Bonchev–Trinajstić information content (AvgIpc) is 2.50. The lowest BCUT2D eigenvalue weighted by Gasteiger charge is -2.26. The van der Waals surface area contributed by atoms with Crippen molar-refractivity contribution in [2.24, 2.45) is 5.92 Å². The van der Waals surface area contributed by atoms with E-state index in [1.54, 1.807) is 30.3 Å². The molecule has 1 heterocycles. The number of nitrogens with one attached hydrogen (secondary N) is 1. The van der Waals surface area contributed by atoms with Gasteiger partial charge in [-0.1, -0.05) is 49.6 Å². The standard InChI is InChI=1S/C18H26F3N/c19-18(20,21)17(16-10-4-1-5-11-16)14-15-8-3-2-6-12-22-13-7-9-15/h1,4-5,10-11,15,17,22H,2-3,6-9,12-14H2. The normalized spacial score (nSPS) is 23.0.